The molecule has 2 rings (SSSR count). The minimum Gasteiger partial charge on any atom is -0.370 e. The van der Waals surface area contributed by atoms with E-state index in [2.05, 4.69) is 40.5 Å². The lowest BCUT2D eigenvalue weighted by Crippen LogP contribution is -2.02. The highest BCUT2D eigenvalue weighted by atomic mass is 32.2. The highest BCUT2D eigenvalue weighted by Crippen LogP contribution is 2.22. The lowest BCUT2D eigenvalue weighted by molar-refractivity contribution is 0.692. The first kappa shape index (κ1) is 13.9. The zero-order valence-electron chi connectivity index (χ0n) is 11.7. The summed E-state index contributed by atoms with van der Waals surface area (Å²) in [4.78, 5) is 4.60. The van der Waals surface area contributed by atoms with Gasteiger partial charge in [-0.3, -0.25) is 4.68 Å². The third kappa shape index (κ3) is 3.99. The Morgan fingerprint density at radius 3 is 2.89 bits per heavy atom. The summed E-state index contributed by atoms with van der Waals surface area (Å²) in [5.74, 6) is 1.82. The number of nitrogens with one attached hydrogen (secondary N) is 1. The Labute approximate surface area is 118 Å². The molecule has 0 saturated carbocycles. The van der Waals surface area contributed by atoms with Crippen LogP contribution >= 0.6 is 11.8 Å². The molecule has 0 aromatic carbocycles. The molecule has 1 N–H and O–H groups in total. The number of aryl methyl sites for hydroxylation is 2. The highest BCUT2D eigenvalue weighted by molar-refractivity contribution is 7.98. The Morgan fingerprint density at radius 1 is 1.37 bits per heavy atom. The molecule has 0 aliphatic heterocycles. The molecule has 19 heavy (non-hydrogen) atoms. The largest absolute Gasteiger partial charge is 0.370 e. The third-order valence-corrected chi connectivity index (χ3v) is 3.81. The molecule has 0 spiro atoms. The van der Waals surface area contributed by atoms with Crippen LogP contribution < -0.4 is 5.32 Å². The van der Waals surface area contributed by atoms with Crippen LogP contribution in [0.25, 0.3) is 0 Å². The summed E-state index contributed by atoms with van der Waals surface area (Å²) < 4.78 is 1.92. The van der Waals surface area contributed by atoms with Gasteiger partial charge in [-0.25, -0.2) is 4.98 Å². The van der Waals surface area contributed by atoms with Crippen LogP contribution in [0.5, 0.6) is 0 Å². The number of anilines is 1. The lowest BCUT2D eigenvalue weighted by atomic mass is 10.3. The third-order valence-electron chi connectivity index (χ3n) is 2.69. The summed E-state index contributed by atoms with van der Waals surface area (Å²) in [6.07, 6.45) is 1.11. The van der Waals surface area contributed by atoms with Gasteiger partial charge < -0.3 is 5.32 Å². The van der Waals surface area contributed by atoms with Crippen LogP contribution in [0.2, 0.25) is 0 Å². The SMILES string of the molecule is CCCNc1cccc(CSc2cc(C)nn2C)n1. The quantitative estimate of drug-likeness (QED) is 0.823. The molecule has 0 aliphatic carbocycles. The van der Waals surface area contributed by atoms with Crippen molar-refractivity contribution in [3.63, 3.8) is 0 Å². The minimum atomic E-state index is 0.862. The maximum Gasteiger partial charge on any atom is 0.126 e. The van der Waals surface area contributed by atoms with E-state index in [9.17, 15) is 0 Å². The molecular weight excluding hydrogens is 256 g/mol. The standard InChI is InChI=1S/C14H20N4S/c1-4-8-15-13-7-5-6-12(16-13)10-19-14-9-11(2)17-18(14)3/h5-7,9H,4,8,10H2,1-3H3,(H,15,16). The molecule has 0 fully saturated rings. The minimum absolute atomic E-state index is 0.862. The summed E-state index contributed by atoms with van der Waals surface area (Å²) in [5.41, 5.74) is 2.14. The molecule has 0 radical (unpaired) electrons. The van der Waals surface area contributed by atoms with Gasteiger partial charge >= 0.3 is 0 Å². The highest BCUT2D eigenvalue weighted by Gasteiger charge is 2.04. The van der Waals surface area contributed by atoms with Crippen molar-refractivity contribution >= 4 is 17.6 Å². The number of pyridine rings is 1. The van der Waals surface area contributed by atoms with Gasteiger partial charge in [-0.2, -0.15) is 5.10 Å². The van der Waals surface area contributed by atoms with Crippen LogP contribution in [0.15, 0.2) is 29.3 Å². The number of hydrogen-bond donors (Lipinski definition) is 1. The molecule has 5 heteroatoms. The van der Waals surface area contributed by atoms with Crippen LogP contribution in [-0.2, 0) is 12.8 Å². The maximum absolute atomic E-state index is 4.60. The Kier molecular flexibility index (Phi) is 4.85. The van der Waals surface area contributed by atoms with E-state index in [1.165, 1.54) is 5.03 Å². The number of rotatable bonds is 6. The second-order valence-electron chi connectivity index (χ2n) is 4.48. The summed E-state index contributed by atoms with van der Waals surface area (Å²) in [6.45, 7) is 5.12. The molecule has 2 aromatic rings. The summed E-state index contributed by atoms with van der Waals surface area (Å²) in [6, 6.07) is 8.23. The van der Waals surface area contributed by atoms with E-state index >= 15 is 0 Å². The lowest BCUT2D eigenvalue weighted by Gasteiger charge is -2.06. The van der Waals surface area contributed by atoms with Gasteiger partial charge in [0.25, 0.3) is 0 Å². The van der Waals surface area contributed by atoms with Crippen LogP contribution in [0.3, 0.4) is 0 Å². The topological polar surface area (TPSA) is 42.7 Å². The van der Waals surface area contributed by atoms with Crippen molar-refractivity contribution in [2.24, 2.45) is 7.05 Å². The normalized spacial score (nSPS) is 10.7. The van der Waals surface area contributed by atoms with Crippen LogP contribution in [0, 0.1) is 6.92 Å². The van der Waals surface area contributed by atoms with Crippen LogP contribution in [-0.4, -0.2) is 21.3 Å². The summed E-state index contributed by atoms with van der Waals surface area (Å²) in [7, 11) is 1.97. The van der Waals surface area contributed by atoms with Gasteiger partial charge in [-0.1, -0.05) is 13.0 Å². The van der Waals surface area contributed by atoms with Gasteiger partial charge in [0.2, 0.25) is 0 Å². The zero-order valence-corrected chi connectivity index (χ0v) is 12.5. The molecular formula is C14H20N4S. The van der Waals surface area contributed by atoms with E-state index in [4.69, 9.17) is 0 Å². The van der Waals surface area contributed by atoms with E-state index in [1.807, 2.05) is 24.7 Å². The van der Waals surface area contributed by atoms with Crippen molar-refractivity contribution in [1.82, 2.24) is 14.8 Å². The monoisotopic (exact) mass is 276 g/mol. The van der Waals surface area contributed by atoms with E-state index in [0.717, 1.165) is 35.9 Å². The van der Waals surface area contributed by atoms with E-state index < -0.39 is 0 Å². The van der Waals surface area contributed by atoms with Gasteiger partial charge in [0.15, 0.2) is 0 Å². The Bertz CT molecular complexity index is 536. The molecule has 0 saturated heterocycles. The van der Waals surface area contributed by atoms with Crippen molar-refractivity contribution in [3.8, 4) is 0 Å². The van der Waals surface area contributed by atoms with E-state index in [-0.39, 0.29) is 0 Å². The molecule has 2 heterocycles. The number of aromatic nitrogens is 3. The van der Waals surface area contributed by atoms with Crippen molar-refractivity contribution in [2.75, 3.05) is 11.9 Å². The molecule has 102 valence electrons. The van der Waals surface area contributed by atoms with Crippen molar-refractivity contribution < 1.29 is 0 Å². The van der Waals surface area contributed by atoms with Crippen molar-refractivity contribution in [1.29, 1.82) is 0 Å². The Morgan fingerprint density at radius 2 is 2.21 bits per heavy atom. The zero-order chi connectivity index (χ0) is 13.7. The Hall–Kier alpha value is -1.49. The fourth-order valence-corrected chi connectivity index (χ4v) is 2.72. The van der Waals surface area contributed by atoms with Gasteiger partial charge in [-0.15, -0.1) is 11.8 Å². The molecule has 0 amide bonds. The van der Waals surface area contributed by atoms with E-state index in [1.54, 1.807) is 11.8 Å². The first-order chi connectivity index (χ1) is 9.19. The van der Waals surface area contributed by atoms with Gasteiger partial charge in [0, 0.05) is 19.3 Å². The maximum atomic E-state index is 4.60. The fraction of sp³-hybridized carbons (Fsp3) is 0.429. The second-order valence-corrected chi connectivity index (χ2v) is 5.47. The molecule has 0 unspecified atom stereocenters. The predicted molar refractivity (Wildman–Crippen MR) is 80.5 cm³/mol. The van der Waals surface area contributed by atoms with Gasteiger partial charge in [-0.05, 0) is 31.5 Å². The van der Waals surface area contributed by atoms with Crippen molar-refractivity contribution in [3.05, 3.63) is 35.7 Å². The number of nitrogens with zero attached hydrogens (tertiary/aromatic N) is 3. The first-order valence-electron chi connectivity index (χ1n) is 6.52. The molecule has 4 nitrogen and oxygen atoms in total. The number of thioether (sulfide) groups is 1. The van der Waals surface area contributed by atoms with E-state index in [0.29, 0.717) is 0 Å². The molecule has 0 atom stereocenters. The number of hydrogen-bond acceptors (Lipinski definition) is 4. The average Bonchev–Trinajstić information content (AvgIpc) is 2.73. The molecule has 2 aromatic heterocycles. The molecule has 0 aliphatic rings. The second kappa shape index (κ2) is 6.61. The van der Waals surface area contributed by atoms with Gasteiger partial charge in [0.05, 0.1) is 16.4 Å². The predicted octanol–water partition coefficient (Wildman–Crippen LogP) is 3.24. The first-order valence-corrected chi connectivity index (χ1v) is 7.51. The smallest absolute Gasteiger partial charge is 0.126 e. The fourth-order valence-electron chi connectivity index (χ4n) is 1.78. The molecule has 0 bridgehead atoms. The Balaban J connectivity index is 1.97. The van der Waals surface area contributed by atoms with Crippen LogP contribution in [0.4, 0.5) is 5.82 Å². The van der Waals surface area contributed by atoms with Crippen LogP contribution in [0.1, 0.15) is 24.7 Å². The van der Waals surface area contributed by atoms with Gasteiger partial charge in [0.1, 0.15) is 5.82 Å². The average molecular weight is 276 g/mol. The summed E-state index contributed by atoms with van der Waals surface area (Å²) in [5, 5.41) is 8.83. The summed E-state index contributed by atoms with van der Waals surface area (Å²) >= 11 is 1.76. The van der Waals surface area contributed by atoms with Crippen molar-refractivity contribution in [2.45, 2.75) is 31.0 Å².